The van der Waals surface area contributed by atoms with Crippen molar-refractivity contribution in [3.05, 3.63) is 71.2 Å². The van der Waals surface area contributed by atoms with Crippen molar-refractivity contribution in [2.24, 2.45) is 4.99 Å². The fourth-order valence-corrected chi connectivity index (χ4v) is 2.27. The molecule has 1 amide bonds. The Labute approximate surface area is 134 Å². The number of nitrogens with one attached hydrogen (secondary N) is 1. The van der Waals surface area contributed by atoms with Crippen LogP contribution in [0.25, 0.3) is 6.08 Å². The smallest absolute Gasteiger partial charge is 0.275 e. The molecule has 0 aliphatic carbocycles. The molecule has 4 nitrogen and oxygen atoms in total. The average molecular weight is 309 g/mol. The molecule has 0 spiro atoms. The van der Waals surface area contributed by atoms with Crippen LogP contribution in [0, 0.1) is 5.82 Å². The van der Waals surface area contributed by atoms with Crippen molar-refractivity contribution < 1.29 is 9.18 Å². The van der Waals surface area contributed by atoms with Gasteiger partial charge in [0.1, 0.15) is 17.3 Å². The summed E-state index contributed by atoms with van der Waals surface area (Å²) in [5.74, 6) is -0.289. The summed E-state index contributed by atoms with van der Waals surface area (Å²) < 4.78 is 13.3. The Kier molecular flexibility index (Phi) is 3.93. The first-order chi connectivity index (χ1) is 11.0. The third-order valence-electron chi connectivity index (χ3n) is 3.51. The highest BCUT2D eigenvalue weighted by Crippen LogP contribution is 2.18. The molecule has 5 heteroatoms. The van der Waals surface area contributed by atoms with Crippen LogP contribution in [0.2, 0.25) is 0 Å². The molecule has 3 rings (SSSR count). The topological polar surface area (TPSA) is 44.7 Å². The van der Waals surface area contributed by atoms with E-state index in [1.165, 1.54) is 12.1 Å². The number of benzene rings is 2. The molecule has 0 saturated carbocycles. The van der Waals surface area contributed by atoms with E-state index in [9.17, 15) is 9.18 Å². The van der Waals surface area contributed by atoms with E-state index in [-0.39, 0.29) is 11.7 Å². The van der Waals surface area contributed by atoms with Crippen molar-refractivity contribution in [3.8, 4) is 0 Å². The first-order valence-electron chi connectivity index (χ1n) is 7.18. The van der Waals surface area contributed by atoms with Crippen molar-refractivity contribution in [3.63, 3.8) is 0 Å². The Balaban J connectivity index is 1.88. The van der Waals surface area contributed by atoms with E-state index < -0.39 is 0 Å². The molecule has 0 fully saturated rings. The van der Waals surface area contributed by atoms with Gasteiger partial charge in [-0.2, -0.15) is 0 Å². The number of hydrogen-bond donors (Lipinski definition) is 1. The molecule has 0 bridgehead atoms. The third-order valence-corrected chi connectivity index (χ3v) is 3.51. The Morgan fingerprint density at radius 3 is 2.52 bits per heavy atom. The Morgan fingerprint density at radius 1 is 1.13 bits per heavy atom. The minimum Gasteiger partial charge on any atom is -0.378 e. The van der Waals surface area contributed by atoms with E-state index in [0.717, 1.165) is 11.3 Å². The van der Waals surface area contributed by atoms with Crippen LogP contribution in [-0.4, -0.2) is 25.8 Å². The number of carbonyl (C=O) groups excluding carboxylic acids is 1. The number of aliphatic imine (C=N–C) groups is 1. The van der Waals surface area contributed by atoms with Crippen LogP contribution in [0.4, 0.5) is 10.1 Å². The number of amidine groups is 1. The molecule has 0 saturated heterocycles. The minimum atomic E-state index is -0.365. The van der Waals surface area contributed by atoms with E-state index in [2.05, 4.69) is 10.3 Å². The Bertz CT molecular complexity index is 807. The van der Waals surface area contributed by atoms with Crippen LogP contribution >= 0.6 is 0 Å². The van der Waals surface area contributed by atoms with Crippen LogP contribution in [0.3, 0.4) is 0 Å². The Morgan fingerprint density at radius 2 is 1.87 bits per heavy atom. The molecule has 0 aromatic heterocycles. The standard InChI is InChI=1S/C18H16FN3O/c1-22(2)15-8-6-12(7-9-15)10-16-18(23)21-17(20-16)13-4-3-5-14(19)11-13/h3-11H,1-2H3,(H,20,21,23)/b16-10-. The lowest BCUT2D eigenvalue weighted by atomic mass is 10.1. The molecule has 1 aliphatic heterocycles. The molecular weight excluding hydrogens is 293 g/mol. The van der Waals surface area contributed by atoms with Gasteiger partial charge in [0.2, 0.25) is 0 Å². The number of rotatable bonds is 3. The first-order valence-corrected chi connectivity index (χ1v) is 7.18. The molecule has 0 atom stereocenters. The van der Waals surface area contributed by atoms with E-state index in [4.69, 9.17) is 0 Å². The fraction of sp³-hybridized carbons (Fsp3) is 0.111. The van der Waals surface area contributed by atoms with E-state index >= 15 is 0 Å². The molecule has 23 heavy (non-hydrogen) atoms. The van der Waals surface area contributed by atoms with Crippen LogP contribution in [0.1, 0.15) is 11.1 Å². The van der Waals surface area contributed by atoms with Gasteiger partial charge in [0, 0.05) is 25.3 Å². The predicted octanol–water partition coefficient (Wildman–Crippen LogP) is 2.81. The quantitative estimate of drug-likeness (QED) is 0.886. The number of nitrogens with zero attached hydrogens (tertiary/aromatic N) is 2. The highest BCUT2D eigenvalue weighted by molar-refractivity contribution is 6.19. The zero-order valence-corrected chi connectivity index (χ0v) is 12.9. The molecule has 0 unspecified atom stereocenters. The van der Waals surface area contributed by atoms with Gasteiger partial charge < -0.3 is 10.2 Å². The van der Waals surface area contributed by atoms with Crippen molar-refractivity contribution in [1.29, 1.82) is 0 Å². The molecule has 116 valence electrons. The summed E-state index contributed by atoms with van der Waals surface area (Å²) in [6, 6.07) is 13.8. The second-order valence-corrected chi connectivity index (χ2v) is 5.44. The SMILES string of the molecule is CN(C)c1ccc(/C=C2\N=C(c3cccc(F)c3)NC2=O)cc1. The number of carbonyl (C=O) groups is 1. The second kappa shape index (κ2) is 6.04. The first kappa shape index (κ1) is 15.0. The molecule has 0 radical (unpaired) electrons. The lowest BCUT2D eigenvalue weighted by Crippen LogP contribution is -2.24. The average Bonchev–Trinajstić information content (AvgIpc) is 2.89. The van der Waals surface area contributed by atoms with Crippen LogP contribution < -0.4 is 10.2 Å². The second-order valence-electron chi connectivity index (χ2n) is 5.44. The van der Waals surface area contributed by atoms with Crippen molar-refractivity contribution in [1.82, 2.24) is 5.32 Å². The van der Waals surface area contributed by atoms with Gasteiger partial charge >= 0.3 is 0 Å². The van der Waals surface area contributed by atoms with Gasteiger partial charge in [-0.3, -0.25) is 4.79 Å². The fourth-order valence-electron chi connectivity index (χ4n) is 2.27. The van der Waals surface area contributed by atoms with Crippen molar-refractivity contribution in [2.45, 2.75) is 0 Å². The van der Waals surface area contributed by atoms with E-state index in [1.54, 1.807) is 18.2 Å². The number of anilines is 1. The van der Waals surface area contributed by atoms with E-state index in [0.29, 0.717) is 17.1 Å². The lowest BCUT2D eigenvalue weighted by Gasteiger charge is -2.11. The summed E-state index contributed by atoms with van der Waals surface area (Å²) in [5.41, 5.74) is 2.81. The normalized spacial score (nSPS) is 15.5. The maximum absolute atomic E-state index is 13.3. The largest absolute Gasteiger partial charge is 0.378 e. The third kappa shape index (κ3) is 3.29. The molecular formula is C18H16FN3O. The highest BCUT2D eigenvalue weighted by Gasteiger charge is 2.21. The maximum atomic E-state index is 13.3. The van der Waals surface area contributed by atoms with Gasteiger partial charge in [0.15, 0.2) is 0 Å². The van der Waals surface area contributed by atoms with Crippen LogP contribution in [0.15, 0.2) is 59.2 Å². The summed E-state index contributed by atoms with van der Waals surface area (Å²) in [6.07, 6.45) is 1.71. The van der Waals surface area contributed by atoms with Crippen LogP contribution in [0.5, 0.6) is 0 Å². The molecule has 1 aliphatic rings. The van der Waals surface area contributed by atoms with Crippen molar-refractivity contribution >= 4 is 23.5 Å². The van der Waals surface area contributed by atoms with Crippen LogP contribution in [-0.2, 0) is 4.79 Å². The van der Waals surface area contributed by atoms with Crippen molar-refractivity contribution in [2.75, 3.05) is 19.0 Å². The monoisotopic (exact) mass is 309 g/mol. The zero-order valence-electron chi connectivity index (χ0n) is 12.9. The summed E-state index contributed by atoms with van der Waals surface area (Å²) >= 11 is 0. The zero-order chi connectivity index (χ0) is 16.4. The molecule has 1 heterocycles. The predicted molar refractivity (Wildman–Crippen MR) is 89.8 cm³/mol. The van der Waals surface area contributed by atoms with E-state index in [1.807, 2.05) is 43.3 Å². The van der Waals surface area contributed by atoms with Gasteiger partial charge in [-0.1, -0.05) is 24.3 Å². The Hall–Kier alpha value is -2.95. The summed E-state index contributed by atoms with van der Waals surface area (Å²) in [6.45, 7) is 0. The highest BCUT2D eigenvalue weighted by atomic mass is 19.1. The maximum Gasteiger partial charge on any atom is 0.275 e. The summed E-state index contributed by atoms with van der Waals surface area (Å²) in [4.78, 5) is 18.3. The molecule has 2 aromatic rings. The van der Waals surface area contributed by atoms with Gasteiger partial charge in [0.05, 0.1) is 0 Å². The van der Waals surface area contributed by atoms with Gasteiger partial charge in [-0.25, -0.2) is 9.38 Å². The number of hydrogen-bond acceptors (Lipinski definition) is 3. The minimum absolute atomic E-state index is 0.291. The van der Waals surface area contributed by atoms with Gasteiger partial charge in [0.25, 0.3) is 5.91 Å². The molecule has 2 aromatic carbocycles. The summed E-state index contributed by atoms with van der Waals surface area (Å²) in [5, 5.41) is 2.67. The lowest BCUT2D eigenvalue weighted by molar-refractivity contribution is -0.115. The molecule has 1 N–H and O–H groups in total. The summed E-state index contributed by atoms with van der Waals surface area (Å²) in [7, 11) is 3.93. The number of amides is 1. The van der Waals surface area contributed by atoms with Gasteiger partial charge in [-0.15, -0.1) is 0 Å². The number of halogens is 1. The van der Waals surface area contributed by atoms with Gasteiger partial charge in [-0.05, 0) is 35.9 Å².